The molecule has 14 heavy (non-hydrogen) atoms. The van der Waals surface area contributed by atoms with Gasteiger partial charge in [-0.15, -0.1) is 6.42 Å². The van der Waals surface area contributed by atoms with E-state index in [9.17, 15) is 0 Å². The fourth-order valence-corrected chi connectivity index (χ4v) is 0.975. The highest BCUT2D eigenvalue weighted by Gasteiger charge is 1.99. The highest BCUT2D eigenvalue weighted by Crippen LogP contribution is 2.22. The van der Waals surface area contributed by atoms with Crippen LogP contribution in [0.15, 0.2) is 23.2 Å². The molecule has 0 unspecified atom stereocenters. The Balaban J connectivity index is 3.18. The van der Waals surface area contributed by atoms with Crippen molar-refractivity contribution < 1.29 is 5.11 Å². The normalized spacial score (nSPS) is 10.4. The molecule has 1 aromatic rings. The number of terminal acetylenes is 1. The molecule has 0 saturated heterocycles. The molecule has 0 heterocycles. The van der Waals surface area contributed by atoms with E-state index in [4.69, 9.17) is 16.8 Å². The minimum atomic E-state index is 0.0267. The van der Waals surface area contributed by atoms with Crippen molar-refractivity contribution in [1.82, 2.24) is 0 Å². The van der Waals surface area contributed by atoms with Crippen LogP contribution in [0.1, 0.15) is 5.56 Å². The summed E-state index contributed by atoms with van der Waals surface area (Å²) in [5, 5.41) is 17.7. The number of aryl methyl sites for hydroxylation is 1. The second-order valence-corrected chi connectivity index (χ2v) is 2.69. The van der Waals surface area contributed by atoms with Crippen molar-refractivity contribution in [3.8, 4) is 24.2 Å². The van der Waals surface area contributed by atoms with E-state index in [1.807, 2.05) is 0 Å². The third-order valence-corrected chi connectivity index (χ3v) is 1.66. The third kappa shape index (κ3) is 2.12. The second kappa shape index (κ2) is 4.11. The first-order valence-electron chi connectivity index (χ1n) is 3.92. The van der Waals surface area contributed by atoms with Crippen molar-refractivity contribution in [2.75, 3.05) is 0 Å². The van der Waals surface area contributed by atoms with Gasteiger partial charge in [-0.05, 0) is 36.6 Å². The molecule has 0 fully saturated rings. The zero-order valence-electron chi connectivity index (χ0n) is 7.65. The van der Waals surface area contributed by atoms with E-state index in [1.54, 1.807) is 25.1 Å². The highest BCUT2D eigenvalue weighted by molar-refractivity contribution is 6.12. The molecule has 0 atom stereocenters. The van der Waals surface area contributed by atoms with Gasteiger partial charge in [-0.25, -0.2) is 4.99 Å². The van der Waals surface area contributed by atoms with E-state index >= 15 is 0 Å². The van der Waals surface area contributed by atoms with Crippen LogP contribution in [0.5, 0.6) is 5.75 Å². The monoisotopic (exact) mass is 184 g/mol. The Bertz CT molecular complexity index is 445. The van der Waals surface area contributed by atoms with Gasteiger partial charge >= 0.3 is 0 Å². The smallest absolute Gasteiger partial charge is 0.191 e. The zero-order chi connectivity index (χ0) is 10.6. The van der Waals surface area contributed by atoms with Crippen LogP contribution >= 0.6 is 0 Å². The van der Waals surface area contributed by atoms with Crippen molar-refractivity contribution in [2.45, 2.75) is 6.92 Å². The molecular formula is C11H8N2O. The van der Waals surface area contributed by atoms with Gasteiger partial charge in [0, 0.05) is 0 Å². The molecule has 1 rings (SSSR count). The quantitative estimate of drug-likeness (QED) is 0.535. The lowest BCUT2D eigenvalue weighted by Gasteiger charge is -1.99. The summed E-state index contributed by atoms with van der Waals surface area (Å²) in [7, 11) is 0. The third-order valence-electron chi connectivity index (χ3n) is 1.66. The van der Waals surface area contributed by atoms with Crippen molar-refractivity contribution >= 4 is 11.4 Å². The fourth-order valence-electron chi connectivity index (χ4n) is 0.975. The number of phenolic OH excluding ortho intramolecular Hbond substituents is 1. The summed E-state index contributed by atoms with van der Waals surface area (Å²) in [6.45, 7) is 1.78. The Kier molecular flexibility index (Phi) is 2.89. The number of nitriles is 1. The summed E-state index contributed by atoms with van der Waals surface area (Å²) in [6, 6.07) is 6.46. The molecule has 68 valence electrons. The van der Waals surface area contributed by atoms with E-state index in [0.29, 0.717) is 5.69 Å². The van der Waals surface area contributed by atoms with Crippen molar-refractivity contribution in [1.29, 1.82) is 5.26 Å². The van der Waals surface area contributed by atoms with Gasteiger partial charge in [0.25, 0.3) is 0 Å². The van der Waals surface area contributed by atoms with Gasteiger partial charge in [-0.3, -0.25) is 0 Å². The molecule has 1 N–H and O–H groups in total. The lowest BCUT2D eigenvalue weighted by Crippen LogP contribution is -1.87. The molecule has 0 radical (unpaired) electrons. The van der Waals surface area contributed by atoms with Gasteiger partial charge in [0.2, 0.25) is 0 Å². The number of phenols is 1. The SMILES string of the molecule is C#CC(C#N)=Nc1ccc(O)cc1C. The van der Waals surface area contributed by atoms with Crippen LogP contribution in [0.25, 0.3) is 0 Å². The number of aliphatic imine (C=N–C) groups is 1. The molecule has 0 aliphatic rings. The second-order valence-electron chi connectivity index (χ2n) is 2.69. The van der Waals surface area contributed by atoms with Crippen LogP contribution in [0.3, 0.4) is 0 Å². The maximum Gasteiger partial charge on any atom is 0.191 e. The number of nitrogens with zero attached hydrogens (tertiary/aromatic N) is 2. The van der Waals surface area contributed by atoms with Crippen LogP contribution < -0.4 is 0 Å². The molecule has 0 amide bonds. The minimum absolute atomic E-state index is 0.0267. The summed E-state index contributed by atoms with van der Waals surface area (Å²) < 4.78 is 0. The standard InChI is InChI=1S/C11H8N2O/c1-3-9(7-12)13-11-5-4-10(14)6-8(11)2/h1,4-6,14H,2H3. The van der Waals surface area contributed by atoms with Gasteiger partial charge in [0.05, 0.1) is 5.69 Å². The van der Waals surface area contributed by atoms with E-state index in [2.05, 4.69) is 10.9 Å². The maximum atomic E-state index is 9.13. The van der Waals surface area contributed by atoms with E-state index in [1.165, 1.54) is 6.07 Å². The molecule has 0 aliphatic carbocycles. The summed E-state index contributed by atoms with van der Waals surface area (Å²) in [5.74, 6) is 2.34. The molecular weight excluding hydrogens is 176 g/mol. The van der Waals surface area contributed by atoms with E-state index in [-0.39, 0.29) is 11.5 Å². The number of hydrogen-bond donors (Lipinski definition) is 1. The first-order valence-corrected chi connectivity index (χ1v) is 3.92. The number of benzene rings is 1. The van der Waals surface area contributed by atoms with Gasteiger partial charge in [-0.2, -0.15) is 5.26 Å². The molecule has 3 nitrogen and oxygen atoms in total. The van der Waals surface area contributed by atoms with Gasteiger partial charge < -0.3 is 5.11 Å². The van der Waals surface area contributed by atoms with Crippen molar-refractivity contribution in [3.63, 3.8) is 0 Å². The van der Waals surface area contributed by atoms with Crippen LogP contribution in [0, 0.1) is 30.6 Å². The van der Waals surface area contributed by atoms with Crippen molar-refractivity contribution in [3.05, 3.63) is 23.8 Å². The Morgan fingerprint density at radius 1 is 1.57 bits per heavy atom. The minimum Gasteiger partial charge on any atom is -0.508 e. The van der Waals surface area contributed by atoms with Crippen LogP contribution in [-0.2, 0) is 0 Å². The lowest BCUT2D eigenvalue weighted by molar-refractivity contribution is 0.475. The zero-order valence-corrected chi connectivity index (χ0v) is 7.65. The van der Waals surface area contributed by atoms with Crippen LogP contribution in [0.4, 0.5) is 5.69 Å². The first-order chi connectivity index (χ1) is 6.67. The number of rotatable bonds is 1. The predicted octanol–water partition coefficient (Wildman–Crippen LogP) is 1.93. The average molecular weight is 184 g/mol. The summed E-state index contributed by atoms with van der Waals surface area (Å²) in [5.41, 5.74) is 1.39. The fraction of sp³-hybridized carbons (Fsp3) is 0.0909. The van der Waals surface area contributed by atoms with E-state index in [0.717, 1.165) is 5.56 Å². The number of aromatic hydroxyl groups is 1. The molecule has 3 heteroatoms. The first kappa shape index (κ1) is 9.83. The Morgan fingerprint density at radius 3 is 2.79 bits per heavy atom. The Labute approximate surface area is 82.3 Å². The summed E-state index contributed by atoms with van der Waals surface area (Å²) in [6.07, 6.45) is 5.06. The van der Waals surface area contributed by atoms with Gasteiger partial charge in [-0.1, -0.05) is 0 Å². The topological polar surface area (TPSA) is 56.4 Å². The lowest BCUT2D eigenvalue weighted by atomic mass is 10.2. The predicted molar refractivity (Wildman–Crippen MR) is 54.4 cm³/mol. The van der Waals surface area contributed by atoms with Crippen LogP contribution in [-0.4, -0.2) is 10.8 Å². The molecule has 0 saturated carbocycles. The van der Waals surface area contributed by atoms with Gasteiger partial charge in [0.15, 0.2) is 5.71 Å². The maximum absolute atomic E-state index is 9.13. The summed E-state index contributed by atoms with van der Waals surface area (Å²) >= 11 is 0. The average Bonchev–Trinajstić information content (AvgIpc) is 2.17. The summed E-state index contributed by atoms with van der Waals surface area (Å²) in [4.78, 5) is 3.94. The van der Waals surface area contributed by atoms with Crippen LogP contribution in [0.2, 0.25) is 0 Å². The highest BCUT2D eigenvalue weighted by atomic mass is 16.3. The molecule has 1 aromatic carbocycles. The molecule has 0 bridgehead atoms. The largest absolute Gasteiger partial charge is 0.508 e. The molecule has 0 aliphatic heterocycles. The molecule has 0 spiro atoms. The van der Waals surface area contributed by atoms with E-state index < -0.39 is 0 Å². The Morgan fingerprint density at radius 2 is 2.29 bits per heavy atom. The number of hydrogen-bond acceptors (Lipinski definition) is 3. The Hall–Kier alpha value is -2.26. The van der Waals surface area contributed by atoms with Gasteiger partial charge in [0.1, 0.15) is 11.8 Å². The van der Waals surface area contributed by atoms with Crippen molar-refractivity contribution in [2.24, 2.45) is 4.99 Å². The molecule has 0 aromatic heterocycles.